The topological polar surface area (TPSA) is 68.3 Å². The van der Waals surface area contributed by atoms with Crippen LogP contribution in [0.25, 0.3) is 0 Å². The summed E-state index contributed by atoms with van der Waals surface area (Å²) in [6.07, 6.45) is 2.09. The standard InChI is InChI=1S/C24H28N2O5/c1-15-7-5-8-16-9-6-10-25(22(15)16)24(28)17-11-21(27)26(14-17)18-12-19(29-2)23(31-4)20(13-18)30-3/h5,7-8,12-13,17H,6,9-11,14H2,1-4H3. The van der Waals surface area contributed by atoms with Crippen molar-refractivity contribution in [2.24, 2.45) is 5.92 Å². The maximum absolute atomic E-state index is 13.5. The Morgan fingerprint density at radius 2 is 1.77 bits per heavy atom. The first-order valence-corrected chi connectivity index (χ1v) is 10.5. The molecule has 0 aliphatic carbocycles. The fourth-order valence-corrected chi connectivity index (χ4v) is 4.63. The molecule has 7 nitrogen and oxygen atoms in total. The summed E-state index contributed by atoms with van der Waals surface area (Å²) in [5.74, 6) is 0.943. The summed E-state index contributed by atoms with van der Waals surface area (Å²) in [6, 6.07) is 9.64. The maximum Gasteiger partial charge on any atom is 0.232 e. The van der Waals surface area contributed by atoms with E-state index in [9.17, 15) is 9.59 Å². The molecule has 2 heterocycles. The van der Waals surface area contributed by atoms with Gasteiger partial charge in [0.15, 0.2) is 11.5 Å². The van der Waals surface area contributed by atoms with Gasteiger partial charge in [0.1, 0.15) is 0 Å². The van der Waals surface area contributed by atoms with Crippen LogP contribution in [0.3, 0.4) is 0 Å². The number of nitrogens with zero attached hydrogens (tertiary/aromatic N) is 2. The number of aryl methyl sites for hydroxylation is 2. The SMILES string of the molecule is COc1cc(N2CC(C(=O)N3CCCc4cccc(C)c43)CC2=O)cc(OC)c1OC. The van der Waals surface area contributed by atoms with Crippen LogP contribution in [0.4, 0.5) is 11.4 Å². The first-order valence-electron chi connectivity index (χ1n) is 10.5. The molecule has 1 atom stereocenters. The number of methoxy groups -OCH3 is 3. The minimum Gasteiger partial charge on any atom is -0.493 e. The Kier molecular flexibility index (Phi) is 5.76. The zero-order valence-corrected chi connectivity index (χ0v) is 18.4. The van der Waals surface area contributed by atoms with Gasteiger partial charge in [-0.1, -0.05) is 18.2 Å². The van der Waals surface area contributed by atoms with Crippen LogP contribution >= 0.6 is 0 Å². The largest absolute Gasteiger partial charge is 0.493 e. The van der Waals surface area contributed by atoms with Crippen LogP contribution in [0.2, 0.25) is 0 Å². The zero-order valence-electron chi connectivity index (χ0n) is 18.4. The van der Waals surface area contributed by atoms with Gasteiger partial charge >= 0.3 is 0 Å². The van der Waals surface area contributed by atoms with Crippen molar-refractivity contribution in [2.45, 2.75) is 26.2 Å². The fourth-order valence-electron chi connectivity index (χ4n) is 4.63. The van der Waals surface area contributed by atoms with Crippen LogP contribution in [0.1, 0.15) is 24.0 Å². The Bertz CT molecular complexity index is 994. The average molecular weight is 424 g/mol. The molecule has 7 heteroatoms. The Morgan fingerprint density at radius 3 is 2.42 bits per heavy atom. The Hall–Kier alpha value is -3.22. The number of anilines is 2. The fraction of sp³-hybridized carbons (Fsp3) is 0.417. The highest BCUT2D eigenvalue weighted by molar-refractivity contribution is 6.05. The van der Waals surface area contributed by atoms with Crippen LogP contribution in [-0.4, -0.2) is 46.2 Å². The third kappa shape index (κ3) is 3.69. The third-order valence-corrected chi connectivity index (χ3v) is 6.12. The predicted molar refractivity (Wildman–Crippen MR) is 118 cm³/mol. The smallest absolute Gasteiger partial charge is 0.232 e. The van der Waals surface area contributed by atoms with Crippen molar-refractivity contribution in [3.8, 4) is 17.2 Å². The summed E-state index contributed by atoms with van der Waals surface area (Å²) < 4.78 is 16.2. The number of carbonyl (C=O) groups excluding carboxylic acids is 2. The van der Waals surface area contributed by atoms with E-state index >= 15 is 0 Å². The monoisotopic (exact) mass is 424 g/mol. The molecule has 31 heavy (non-hydrogen) atoms. The van der Waals surface area contributed by atoms with Crippen molar-refractivity contribution >= 4 is 23.2 Å². The summed E-state index contributed by atoms with van der Waals surface area (Å²) in [7, 11) is 4.61. The van der Waals surface area contributed by atoms with E-state index in [1.54, 1.807) is 17.0 Å². The predicted octanol–water partition coefficient (Wildman–Crippen LogP) is 3.35. The van der Waals surface area contributed by atoms with Crippen molar-refractivity contribution in [2.75, 3.05) is 44.2 Å². The lowest BCUT2D eigenvalue weighted by molar-refractivity contribution is -0.124. The van der Waals surface area contributed by atoms with E-state index in [-0.39, 0.29) is 18.2 Å². The van der Waals surface area contributed by atoms with Gasteiger partial charge in [-0.15, -0.1) is 0 Å². The summed E-state index contributed by atoms with van der Waals surface area (Å²) in [5, 5.41) is 0. The molecule has 0 spiro atoms. The van der Waals surface area contributed by atoms with Crippen LogP contribution in [0.15, 0.2) is 30.3 Å². The van der Waals surface area contributed by atoms with E-state index in [2.05, 4.69) is 6.07 Å². The molecule has 2 amide bonds. The lowest BCUT2D eigenvalue weighted by Crippen LogP contribution is -2.41. The molecule has 1 saturated heterocycles. The van der Waals surface area contributed by atoms with Gasteiger partial charge in [-0.25, -0.2) is 0 Å². The number of hydrogen-bond acceptors (Lipinski definition) is 5. The number of fused-ring (bicyclic) bond motifs is 1. The van der Waals surface area contributed by atoms with Gasteiger partial charge in [0.2, 0.25) is 17.6 Å². The number of benzene rings is 2. The second kappa shape index (κ2) is 8.49. The van der Waals surface area contributed by atoms with Gasteiger partial charge in [0.25, 0.3) is 0 Å². The van der Waals surface area contributed by atoms with Crippen molar-refractivity contribution < 1.29 is 23.8 Å². The van der Waals surface area contributed by atoms with Gasteiger partial charge in [0, 0.05) is 37.3 Å². The summed E-state index contributed by atoms with van der Waals surface area (Å²) in [6.45, 7) is 3.05. The molecule has 0 N–H and O–H groups in total. The molecular weight excluding hydrogens is 396 g/mol. The average Bonchev–Trinajstić information content (AvgIpc) is 3.18. The molecule has 2 aromatic carbocycles. The number of amides is 2. The van der Waals surface area contributed by atoms with E-state index in [1.165, 1.54) is 26.9 Å². The number of para-hydroxylation sites is 1. The lowest BCUT2D eigenvalue weighted by atomic mass is 9.96. The first kappa shape index (κ1) is 21.0. The molecule has 2 aliphatic heterocycles. The van der Waals surface area contributed by atoms with E-state index in [0.717, 1.165) is 24.1 Å². The zero-order chi connectivity index (χ0) is 22.1. The molecule has 0 radical (unpaired) electrons. The van der Waals surface area contributed by atoms with E-state index in [1.807, 2.05) is 24.0 Å². The molecule has 164 valence electrons. The maximum atomic E-state index is 13.5. The van der Waals surface area contributed by atoms with Crippen molar-refractivity contribution in [3.63, 3.8) is 0 Å². The van der Waals surface area contributed by atoms with Crippen molar-refractivity contribution in [1.29, 1.82) is 0 Å². The number of rotatable bonds is 5. The van der Waals surface area contributed by atoms with E-state index in [4.69, 9.17) is 14.2 Å². The molecule has 2 aliphatic rings. The molecule has 0 aromatic heterocycles. The number of carbonyl (C=O) groups is 2. The minimum absolute atomic E-state index is 0.0125. The van der Waals surface area contributed by atoms with Crippen LogP contribution in [0.5, 0.6) is 17.2 Å². The normalized spacial score (nSPS) is 18.1. The van der Waals surface area contributed by atoms with E-state index < -0.39 is 5.92 Å². The molecule has 0 bridgehead atoms. The van der Waals surface area contributed by atoms with Crippen LogP contribution in [0, 0.1) is 12.8 Å². The Balaban J connectivity index is 1.61. The Labute approximate surface area is 182 Å². The molecule has 0 saturated carbocycles. The molecule has 1 unspecified atom stereocenters. The summed E-state index contributed by atoms with van der Waals surface area (Å²) in [4.78, 5) is 29.9. The molecule has 2 aromatic rings. The van der Waals surface area contributed by atoms with Crippen LogP contribution in [-0.2, 0) is 16.0 Å². The van der Waals surface area contributed by atoms with Gasteiger partial charge in [-0.05, 0) is 30.9 Å². The van der Waals surface area contributed by atoms with Gasteiger partial charge in [-0.3, -0.25) is 9.59 Å². The highest BCUT2D eigenvalue weighted by Crippen LogP contribution is 2.42. The van der Waals surface area contributed by atoms with E-state index in [0.29, 0.717) is 36.0 Å². The minimum atomic E-state index is -0.392. The highest BCUT2D eigenvalue weighted by atomic mass is 16.5. The van der Waals surface area contributed by atoms with Crippen molar-refractivity contribution in [3.05, 3.63) is 41.5 Å². The number of ether oxygens (including phenoxy) is 3. The number of hydrogen-bond donors (Lipinski definition) is 0. The van der Waals surface area contributed by atoms with Crippen molar-refractivity contribution in [1.82, 2.24) is 0 Å². The second-order valence-corrected chi connectivity index (χ2v) is 7.97. The summed E-state index contributed by atoms with van der Waals surface area (Å²) in [5.41, 5.74) is 3.93. The third-order valence-electron chi connectivity index (χ3n) is 6.12. The first-order chi connectivity index (χ1) is 15.0. The van der Waals surface area contributed by atoms with Gasteiger partial charge < -0.3 is 24.0 Å². The van der Waals surface area contributed by atoms with Gasteiger partial charge in [0.05, 0.1) is 32.9 Å². The quantitative estimate of drug-likeness (QED) is 0.736. The van der Waals surface area contributed by atoms with Crippen LogP contribution < -0.4 is 24.0 Å². The molecular formula is C24H28N2O5. The molecule has 4 rings (SSSR count). The molecule has 1 fully saturated rings. The second-order valence-electron chi connectivity index (χ2n) is 7.97. The summed E-state index contributed by atoms with van der Waals surface area (Å²) >= 11 is 0. The highest BCUT2D eigenvalue weighted by Gasteiger charge is 2.39. The van der Waals surface area contributed by atoms with Gasteiger partial charge in [-0.2, -0.15) is 0 Å². The Morgan fingerprint density at radius 1 is 1.06 bits per heavy atom. The lowest BCUT2D eigenvalue weighted by Gasteiger charge is -2.32.